The first-order chi connectivity index (χ1) is 13.3. The molecule has 0 amide bonds. The summed E-state index contributed by atoms with van der Waals surface area (Å²) in [7, 11) is 0. The Morgan fingerprint density at radius 2 is 1.96 bits per heavy atom. The Labute approximate surface area is 168 Å². The fraction of sp³-hybridized carbons (Fsp3) is 0.762. The summed E-state index contributed by atoms with van der Waals surface area (Å²) >= 11 is 1.87. The van der Waals surface area contributed by atoms with Gasteiger partial charge >= 0.3 is 0 Å². The highest BCUT2D eigenvalue weighted by atomic mass is 32.1. The molecule has 152 valence electrons. The largest absolute Gasteiger partial charge is 0.378 e. The predicted molar refractivity (Wildman–Crippen MR) is 115 cm³/mol. The minimum atomic E-state index is 0.432. The molecule has 1 N–H and O–H groups in total. The van der Waals surface area contributed by atoms with Crippen LogP contribution >= 0.6 is 11.3 Å². The van der Waals surface area contributed by atoms with E-state index in [4.69, 9.17) is 9.73 Å². The molecule has 0 unspecified atom stereocenters. The van der Waals surface area contributed by atoms with E-state index in [0.717, 1.165) is 64.0 Å². The molecule has 0 aliphatic carbocycles. The molecule has 2 aliphatic rings. The summed E-state index contributed by atoms with van der Waals surface area (Å²) in [5.74, 6) is 1.83. The number of hydrogen-bond acceptors (Lipinski definition) is 4. The lowest BCUT2D eigenvalue weighted by Gasteiger charge is -2.35. The van der Waals surface area contributed by atoms with E-state index >= 15 is 0 Å². The van der Waals surface area contributed by atoms with Crippen LogP contribution in [0.1, 0.15) is 44.4 Å². The van der Waals surface area contributed by atoms with E-state index in [1.807, 2.05) is 11.3 Å². The highest BCUT2D eigenvalue weighted by Crippen LogP contribution is 2.21. The molecule has 2 saturated heterocycles. The van der Waals surface area contributed by atoms with Crippen LogP contribution in [-0.4, -0.2) is 67.7 Å². The summed E-state index contributed by atoms with van der Waals surface area (Å²) in [6.45, 7) is 12.6. The van der Waals surface area contributed by atoms with Crippen molar-refractivity contribution in [2.24, 2.45) is 10.9 Å². The van der Waals surface area contributed by atoms with Gasteiger partial charge in [0.2, 0.25) is 0 Å². The number of piperidine rings is 2. The molecule has 2 aliphatic heterocycles. The Kier molecular flexibility index (Phi) is 8.42. The maximum atomic E-state index is 5.78. The van der Waals surface area contributed by atoms with Crippen molar-refractivity contribution in [2.75, 3.05) is 45.9 Å². The Balaban J connectivity index is 1.43. The third-order valence-corrected chi connectivity index (χ3v) is 6.51. The van der Waals surface area contributed by atoms with E-state index in [1.165, 1.54) is 30.8 Å². The molecule has 1 aromatic rings. The van der Waals surface area contributed by atoms with Crippen LogP contribution in [-0.2, 0) is 11.3 Å². The molecule has 0 spiro atoms. The average Bonchev–Trinajstić information content (AvgIpc) is 3.20. The summed E-state index contributed by atoms with van der Waals surface area (Å²) in [5, 5.41) is 5.68. The Morgan fingerprint density at radius 3 is 2.59 bits per heavy atom. The van der Waals surface area contributed by atoms with E-state index in [9.17, 15) is 0 Å². The zero-order valence-corrected chi connectivity index (χ0v) is 17.8. The number of aliphatic imine (C=N–C) groups is 1. The lowest BCUT2D eigenvalue weighted by molar-refractivity contribution is 0.0263. The summed E-state index contributed by atoms with van der Waals surface area (Å²) in [4.78, 5) is 11.5. The fourth-order valence-electron chi connectivity index (χ4n) is 4.06. The van der Waals surface area contributed by atoms with Crippen LogP contribution in [0.2, 0.25) is 0 Å². The van der Waals surface area contributed by atoms with Gasteiger partial charge in [0.1, 0.15) is 0 Å². The number of nitrogens with zero attached hydrogens (tertiary/aromatic N) is 3. The van der Waals surface area contributed by atoms with Crippen molar-refractivity contribution in [3.05, 3.63) is 22.4 Å². The number of rotatable bonds is 7. The molecule has 0 aromatic carbocycles. The summed E-state index contributed by atoms with van der Waals surface area (Å²) < 4.78 is 5.78. The molecule has 2 fully saturated rings. The highest BCUT2D eigenvalue weighted by Gasteiger charge is 2.23. The molecule has 0 atom stereocenters. The summed E-state index contributed by atoms with van der Waals surface area (Å²) in [6.07, 6.45) is 5.18. The van der Waals surface area contributed by atoms with Crippen molar-refractivity contribution in [1.82, 2.24) is 15.1 Å². The van der Waals surface area contributed by atoms with Crippen molar-refractivity contribution in [3.8, 4) is 0 Å². The standard InChI is InChI=1S/C21H36N4OS/c1-3-22-21(25-13-9-19(10-14-25)26-4-2)23-16-18-7-11-24(12-8-18)17-20-6-5-15-27-20/h5-6,15,18-19H,3-4,7-14,16-17H2,1-2H3,(H,22,23). The second-order valence-corrected chi connectivity index (χ2v) is 8.67. The van der Waals surface area contributed by atoms with Gasteiger partial charge in [-0.1, -0.05) is 6.07 Å². The monoisotopic (exact) mass is 392 g/mol. The second kappa shape index (κ2) is 11.0. The Hall–Kier alpha value is -1.11. The van der Waals surface area contributed by atoms with Crippen molar-refractivity contribution in [1.29, 1.82) is 0 Å². The van der Waals surface area contributed by atoms with E-state index < -0.39 is 0 Å². The lowest BCUT2D eigenvalue weighted by Crippen LogP contribution is -2.47. The molecule has 3 rings (SSSR count). The molecule has 6 heteroatoms. The van der Waals surface area contributed by atoms with Gasteiger partial charge in [0.05, 0.1) is 6.10 Å². The minimum absolute atomic E-state index is 0.432. The molecule has 1 aromatic heterocycles. The van der Waals surface area contributed by atoms with E-state index in [2.05, 4.69) is 46.5 Å². The fourth-order valence-corrected chi connectivity index (χ4v) is 4.81. The maximum absolute atomic E-state index is 5.78. The van der Waals surface area contributed by atoms with Gasteiger partial charge in [-0.2, -0.15) is 0 Å². The third kappa shape index (κ3) is 6.47. The maximum Gasteiger partial charge on any atom is 0.193 e. The number of nitrogens with one attached hydrogen (secondary N) is 1. The van der Waals surface area contributed by atoms with Gasteiger partial charge in [-0.25, -0.2) is 0 Å². The molecular formula is C21H36N4OS. The molecule has 5 nitrogen and oxygen atoms in total. The van der Waals surface area contributed by atoms with Gasteiger partial charge in [0, 0.05) is 44.2 Å². The third-order valence-electron chi connectivity index (χ3n) is 5.64. The SMILES string of the molecule is CCNC(=NCC1CCN(Cc2cccs2)CC1)N1CCC(OCC)CC1. The predicted octanol–water partition coefficient (Wildman–Crippen LogP) is 3.43. The normalized spacial score (nSPS) is 21.0. The van der Waals surface area contributed by atoms with Crippen LogP contribution in [0.15, 0.2) is 22.5 Å². The Bertz CT molecular complexity index is 547. The number of hydrogen-bond donors (Lipinski definition) is 1. The van der Waals surface area contributed by atoms with Gasteiger partial charge in [0.15, 0.2) is 5.96 Å². The van der Waals surface area contributed by atoms with Crippen molar-refractivity contribution < 1.29 is 4.74 Å². The van der Waals surface area contributed by atoms with Gasteiger partial charge in [0.25, 0.3) is 0 Å². The van der Waals surface area contributed by atoms with Gasteiger partial charge in [-0.15, -0.1) is 11.3 Å². The van der Waals surface area contributed by atoms with Gasteiger partial charge in [-0.05, 0) is 70.0 Å². The van der Waals surface area contributed by atoms with E-state index in [1.54, 1.807) is 0 Å². The van der Waals surface area contributed by atoms with Crippen LogP contribution in [0, 0.1) is 5.92 Å². The lowest BCUT2D eigenvalue weighted by atomic mass is 9.97. The molecule has 27 heavy (non-hydrogen) atoms. The topological polar surface area (TPSA) is 40.1 Å². The first kappa shape index (κ1) is 20.6. The van der Waals surface area contributed by atoms with Crippen LogP contribution in [0.25, 0.3) is 0 Å². The Morgan fingerprint density at radius 1 is 1.19 bits per heavy atom. The van der Waals surface area contributed by atoms with Crippen molar-refractivity contribution in [3.63, 3.8) is 0 Å². The molecule has 0 saturated carbocycles. The van der Waals surface area contributed by atoms with Crippen molar-refractivity contribution >= 4 is 17.3 Å². The van der Waals surface area contributed by atoms with Crippen LogP contribution in [0.5, 0.6) is 0 Å². The number of guanidine groups is 1. The van der Waals surface area contributed by atoms with Crippen LogP contribution < -0.4 is 5.32 Å². The number of thiophene rings is 1. The first-order valence-corrected chi connectivity index (χ1v) is 11.6. The number of ether oxygens (including phenoxy) is 1. The van der Waals surface area contributed by atoms with E-state index in [-0.39, 0.29) is 0 Å². The summed E-state index contributed by atoms with van der Waals surface area (Å²) in [6, 6.07) is 4.40. The zero-order chi connectivity index (χ0) is 18.9. The summed E-state index contributed by atoms with van der Waals surface area (Å²) in [5.41, 5.74) is 0. The van der Waals surface area contributed by atoms with Gasteiger partial charge in [-0.3, -0.25) is 9.89 Å². The van der Waals surface area contributed by atoms with Gasteiger partial charge < -0.3 is 15.0 Å². The second-order valence-electron chi connectivity index (χ2n) is 7.64. The zero-order valence-electron chi connectivity index (χ0n) is 17.0. The smallest absolute Gasteiger partial charge is 0.193 e. The van der Waals surface area contributed by atoms with Crippen LogP contribution in [0.4, 0.5) is 0 Å². The average molecular weight is 393 g/mol. The first-order valence-electron chi connectivity index (χ1n) is 10.7. The molecular weight excluding hydrogens is 356 g/mol. The molecule has 3 heterocycles. The quantitative estimate of drug-likeness (QED) is 0.570. The van der Waals surface area contributed by atoms with Crippen LogP contribution in [0.3, 0.4) is 0 Å². The van der Waals surface area contributed by atoms with Crippen molar-refractivity contribution in [2.45, 2.75) is 52.2 Å². The minimum Gasteiger partial charge on any atom is -0.378 e. The number of likely N-dealkylation sites (tertiary alicyclic amines) is 2. The van der Waals surface area contributed by atoms with E-state index in [0.29, 0.717) is 6.10 Å². The molecule has 0 bridgehead atoms. The molecule has 0 radical (unpaired) electrons. The highest BCUT2D eigenvalue weighted by molar-refractivity contribution is 7.09.